The SMILES string of the molecule is CN(Cc1cccc(-c2ccc(C(=O)NC3CCN(C(=O)O)CC3)cc2)c1)C(=O)CN. The third-order valence-corrected chi connectivity index (χ3v) is 5.53. The third kappa shape index (κ3) is 5.82. The molecule has 4 N–H and O–H groups in total. The number of carboxylic acid groups (broad SMARTS) is 1. The van der Waals surface area contributed by atoms with Gasteiger partial charge in [0.2, 0.25) is 5.91 Å². The summed E-state index contributed by atoms with van der Waals surface area (Å²) in [5, 5.41) is 12.0. The highest BCUT2D eigenvalue weighted by Gasteiger charge is 2.23. The number of hydrogen-bond acceptors (Lipinski definition) is 4. The lowest BCUT2D eigenvalue weighted by atomic mass is 10.0. The van der Waals surface area contributed by atoms with Gasteiger partial charge in [0.15, 0.2) is 0 Å². The minimum Gasteiger partial charge on any atom is -0.465 e. The van der Waals surface area contributed by atoms with Gasteiger partial charge in [0, 0.05) is 38.3 Å². The van der Waals surface area contributed by atoms with E-state index in [1.807, 2.05) is 36.4 Å². The number of likely N-dealkylation sites (N-methyl/N-ethyl adjacent to an activating group) is 1. The molecule has 1 fully saturated rings. The molecule has 0 unspecified atom stereocenters. The summed E-state index contributed by atoms with van der Waals surface area (Å²) in [5.41, 5.74) is 8.95. The summed E-state index contributed by atoms with van der Waals surface area (Å²) < 4.78 is 0. The van der Waals surface area contributed by atoms with Crippen LogP contribution >= 0.6 is 0 Å². The highest BCUT2D eigenvalue weighted by atomic mass is 16.4. The summed E-state index contributed by atoms with van der Waals surface area (Å²) in [5.74, 6) is -0.273. The predicted molar refractivity (Wildman–Crippen MR) is 117 cm³/mol. The van der Waals surface area contributed by atoms with Crippen LogP contribution in [-0.2, 0) is 11.3 Å². The molecule has 3 amide bonds. The fourth-order valence-corrected chi connectivity index (χ4v) is 3.67. The van der Waals surface area contributed by atoms with E-state index in [-0.39, 0.29) is 24.4 Å². The van der Waals surface area contributed by atoms with Gasteiger partial charge in [-0.3, -0.25) is 9.59 Å². The summed E-state index contributed by atoms with van der Waals surface area (Å²) >= 11 is 0. The molecular weight excluding hydrogens is 396 g/mol. The Balaban J connectivity index is 1.61. The van der Waals surface area contributed by atoms with Crippen LogP contribution in [0.15, 0.2) is 48.5 Å². The van der Waals surface area contributed by atoms with Gasteiger partial charge in [-0.25, -0.2) is 4.79 Å². The molecule has 0 spiro atoms. The summed E-state index contributed by atoms with van der Waals surface area (Å²) in [6.07, 6.45) is 0.315. The van der Waals surface area contributed by atoms with Crippen molar-refractivity contribution < 1.29 is 19.5 Å². The van der Waals surface area contributed by atoms with Gasteiger partial charge in [0.1, 0.15) is 0 Å². The van der Waals surface area contributed by atoms with E-state index in [0.29, 0.717) is 38.0 Å². The lowest BCUT2D eigenvalue weighted by Crippen LogP contribution is -2.46. The maximum atomic E-state index is 12.6. The number of nitrogens with zero attached hydrogens (tertiary/aromatic N) is 2. The van der Waals surface area contributed by atoms with Crippen molar-refractivity contribution in [1.82, 2.24) is 15.1 Å². The third-order valence-electron chi connectivity index (χ3n) is 5.53. The fraction of sp³-hybridized carbons (Fsp3) is 0.348. The van der Waals surface area contributed by atoms with E-state index in [9.17, 15) is 14.4 Å². The highest BCUT2D eigenvalue weighted by Crippen LogP contribution is 2.22. The van der Waals surface area contributed by atoms with Gasteiger partial charge >= 0.3 is 6.09 Å². The van der Waals surface area contributed by atoms with Gasteiger partial charge in [-0.15, -0.1) is 0 Å². The van der Waals surface area contributed by atoms with Crippen LogP contribution in [0.4, 0.5) is 4.79 Å². The Morgan fingerprint density at radius 2 is 1.77 bits per heavy atom. The van der Waals surface area contributed by atoms with E-state index < -0.39 is 6.09 Å². The monoisotopic (exact) mass is 424 g/mol. The molecule has 0 aliphatic carbocycles. The van der Waals surface area contributed by atoms with Crippen molar-refractivity contribution in [3.05, 3.63) is 59.7 Å². The molecule has 1 aliphatic heterocycles. The molecule has 1 aliphatic rings. The predicted octanol–water partition coefficient (Wildman–Crippen LogP) is 2.14. The van der Waals surface area contributed by atoms with Crippen LogP contribution in [0.25, 0.3) is 11.1 Å². The summed E-state index contributed by atoms with van der Waals surface area (Å²) in [7, 11) is 1.72. The second-order valence-electron chi connectivity index (χ2n) is 7.75. The number of likely N-dealkylation sites (tertiary alicyclic amines) is 1. The van der Waals surface area contributed by atoms with Crippen LogP contribution < -0.4 is 11.1 Å². The molecule has 0 saturated carbocycles. The van der Waals surface area contributed by atoms with Crippen LogP contribution in [0.5, 0.6) is 0 Å². The standard InChI is InChI=1S/C23H28N4O4/c1-26(21(28)14-24)15-16-3-2-4-19(13-16)17-5-7-18(8-6-17)22(29)25-20-9-11-27(12-10-20)23(30)31/h2-8,13,20H,9-12,14-15,24H2,1H3,(H,25,29)(H,30,31). The number of piperidine rings is 1. The molecule has 0 aromatic heterocycles. The van der Waals surface area contributed by atoms with Gasteiger partial charge in [0.05, 0.1) is 6.54 Å². The lowest BCUT2D eigenvalue weighted by Gasteiger charge is -2.30. The highest BCUT2D eigenvalue weighted by molar-refractivity contribution is 5.94. The molecule has 1 saturated heterocycles. The van der Waals surface area contributed by atoms with Crippen LogP contribution in [0.1, 0.15) is 28.8 Å². The Morgan fingerprint density at radius 3 is 2.39 bits per heavy atom. The van der Waals surface area contributed by atoms with Crippen molar-refractivity contribution in [3.63, 3.8) is 0 Å². The number of nitrogens with two attached hydrogens (primary N) is 1. The molecule has 2 aromatic carbocycles. The molecule has 0 radical (unpaired) electrons. The first-order valence-electron chi connectivity index (χ1n) is 10.3. The molecule has 8 heteroatoms. The van der Waals surface area contributed by atoms with Crippen molar-refractivity contribution in [3.8, 4) is 11.1 Å². The topological polar surface area (TPSA) is 116 Å². The molecule has 31 heavy (non-hydrogen) atoms. The largest absolute Gasteiger partial charge is 0.465 e. The maximum absolute atomic E-state index is 12.6. The van der Waals surface area contributed by atoms with Crippen LogP contribution in [0.3, 0.4) is 0 Å². The molecule has 0 bridgehead atoms. The maximum Gasteiger partial charge on any atom is 0.407 e. The number of rotatable bonds is 6. The van der Waals surface area contributed by atoms with Gasteiger partial charge < -0.3 is 26.0 Å². The number of hydrogen-bond donors (Lipinski definition) is 3. The average Bonchev–Trinajstić information content (AvgIpc) is 2.79. The normalized spacial score (nSPS) is 14.2. The van der Waals surface area contributed by atoms with E-state index in [4.69, 9.17) is 10.8 Å². The fourth-order valence-electron chi connectivity index (χ4n) is 3.67. The second kappa shape index (κ2) is 10.1. The minimum absolute atomic E-state index is 0.0155. The van der Waals surface area contributed by atoms with Gasteiger partial charge in [-0.1, -0.05) is 30.3 Å². The van der Waals surface area contributed by atoms with Crippen molar-refractivity contribution in [2.24, 2.45) is 5.73 Å². The van der Waals surface area contributed by atoms with Crippen molar-refractivity contribution in [1.29, 1.82) is 0 Å². The van der Waals surface area contributed by atoms with Gasteiger partial charge in [0.25, 0.3) is 5.91 Å². The lowest BCUT2D eigenvalue weighted by molar-refractivity contribution is -0.128. The van der Waals surface area contributed by atoms with E-state index in [1.165, 1.54) is 4.90 Å². The van der Waals surface area contributed by atoms with Gasteiger partial charge in [-0.2, -0.15) is 0 Å². The number of amides is 3. The average molecular weight is 425 g/mol. The smallest absolute Gasteiger partial charge is 0.407 e. The first kappa shape index (κ1) is 22.3. The Morgan fingerprint density at radius 1 is 1.10 bits per heavy atom. The quantitative estimate of drug-likeness (QED) is 0.657. The van der Waals surface area contributed by atoms with Crippen molar-refractivity contribution in [2.75, 3.05) is 26.7 Å². The van der Waals surface area contributed by atoms with Gasteiger partial charge in [-0.05, 0) is 47.7 Å². The minimum atomic E-state index is -0.915. The zero-order chi connectivity index (χ0) is 22.4. The Bertz CT molecular complexity index is 937. The number of benzene rings is 2. The molecule has 8 nitrogen and oxygen atoms in total. The molecule has 3 rings (SSSR count). The first-order chi connectivity index (χ1) is 14.9. The first-order valence-corrected chi connectivity index (χ1v) is 10.3. The zero-order valence-corrected chi connectivity index (χ0v) is 17.6. The van der Waals surface area contributed by atoms with Crippen molar-refractivity contribution >= 4 is 17.9 Å². The van der Waals surface area contributed by atoms with E-state index >= 15 is 0 Å². The van der Waals surface area contributed by atoms with E-state index in [0.717, 1.165) is 16.7 Å². The number of carbonyl (C=O) groups is 3. The number of nitrogens with one attached hydrogen (secondary N) is 1. The Labute approximate surface area is 181 Å². The molecule has 164 valence electrons. The summed E-state index contributed by atoms with van der Waals surface area (Å²) in [6, 6.07) is 15.3. The Hall–Kier alpha value is -3.39. The molecule has 1 heterocycles. The second-order valence-corrected chi connectivity index (χ2v) is 7.75. The van der Waals surface area contributed by atoms with Crippen molar-refractivity contribution in [2.45, 2.75) is 25.4 Å². The molecule has 0 atom stereocenters. The van der Waals surface area contributed by atoms with E-state index in [2.05, 4.69) is 5.32 Å². The summed E-state index contributed by atoms with van der Waals surface area (Å²) in [4.78, 5) is 38.2. The van der Waals surface area contributed by atoms with Crippen LogP contribution in [0.2, 0.25) is 0 Å². The van der Waals surface area contributed by atoms with Crippen LogP contribution in [-0.4, -0.2) is 65.5 Å². The Kier molecular flexibility index (Phi) is 7.25. The van der Waals surface area contributed by atoms with Crippen LogP contribution in [0, 0.1) is 0 Å². The zero-order valence-electron chi connectivity index (χ0n) is 17.6. The van der Waals surface area contributed by atoms with E-state index in [1.54, 1.807) is 24.1 Å². The molecular formula is C23H28N4O4. The summed E-state index contributed by atoms with van der Waals surface area (Å²) in [6.45, 7) is 1.33. The number of carbonyl (C=O) groups excluding carboxylic acids is 2. The molecule has 2 aromatic rings.